The summed E-state index contributed by atoms with van der Waals surface area (Å²) in [5.41, 5.74) is 1.18. The number of carbonyl (C=O) groups excluding carboxylic acids is 1. The number of aromatic nitrogens is 1. The Kier molecular flexibility index (Phi) is 3.45. The number of amides is 2. The van der Waals surface area contributed by atoms with Gasteiger partial charge in [-0.2, -0.15) is 0 Å². The van der Waals surface area contributed by atoms with E-state index in [4.69, 9.17) is 14.6 Å². The van der Waals surface area contributed by atoms with Crippen molar-refractivity contribution < 1.29 is 24.2 Å². The molecule has 3 atom stereocenters. The standard InChI is InChI=1S/C17H15N3O5/c1-18-16(21)11-7-9(4-5-19-11)24-8-2-3-12-10(6-8)13-14(15(13)25-12)20-17(22)23/h2-7,13-15,20H,1H3,(H,18,21)(H,22,23)/t13-,14-,15-/m0/s1. The molecule has 4 rings (SSSR count). The number of carbonyl (C=O) groups is 2. The van der Waals surface area contributed by atoms with Crippen LogP contribution < -0.4 is 20.1 Å². The minimum absolute atomic E-state index is 0.00789. The first-order valence-corrected chi connectivity index (χ1v) is 7.73. The third kappa shape index (κ3) is 2.71. The van der Waals surface area contributed by atoms with Crippen LogP contribution in [0, 0.1) is 0 Å². The SMILES string of the molecule is CNC(=O)c1cc(Oc2ccc3c(c2)[C@H]2[C@H](NC(=O)O)[C@H]2O3)ccn1. The predicted octanol–water partition coefficient (Wildman–Crippen LogP) is 1.73. The number of benzene rings is 1. The molecular weight excluding hydrogens is 326 g/mol. The zero-order valence-corrected chi connectivity index (χ0v) is 13.2. The molecule has 1 aromatic carbocycles. The third-order valence-corrected chi connectivity index (χ3v) is 4.27. The van der Waals surface area contributed by atoms with Gasteiger partial charge in [-0.3, -0.25) is 9.78 Å². The second kappa shape index (κ2) is 5.66. The number of hydrogen-bond donors (Lipinski definition) is 3. The normalized spacial score (nSPS) is 22.2. The van der Waals surface area contributed by atoms with Crippen molar-refractivity contribution in [2.24, 2.45) is 0 Å². The Morgan fingerprint density at radius 1 is 1.24 bits per heavy atom. The molecule has 2 aliphatic rings. The molecule has 3 N–H and O–H groups in total. The molecule has 2 heterocycles. The number of nitrogens with one attached hydrogen (secondary N) is 2. The van der Waals surface area contributed by atoms with Crippen LogP contribution in [0.25, 0.3) is 0 Å². The lowest BCUT2D eigenvalue weighted by Crippen LogP contribution is -2.28. The molecule has 8 nitrogen and oxygen atoms in total. The zero-order valence-electron chi connectivity index (χ0n) is 13.2. The van der Waals surface area contributed by atoms with E-state index in [0.717, 1.165) is 11.3 Å². The van der Waals surface area contributed by atoms with Crippen LogP contribution in [0.2, 0.25) is 0 Å². The maximum Gasteiger partial charge on any atom is 0.405 e. The second-order valence-electron chi connectivity index (χ2n) is 5.84. The highest BCUT2D eigenvalue weighted by Crippen LogP contribution is 2.54. The van der Waals surface area contributed by atoms with Crippen molar-refractivity contribution in [2.75, 3.05) is 7.05 Å². The molecule has 1 aliphatic carbocycles. The van der Waals surface area contributed by atoms with E-state index >= 15 is 0 Å². The molecule has 128 valence electrons. The molecule has 1 aromatic heterocycles. The van der Waals surface area contributed by atoms with Crippen molar-refractivity contribution in [1.29, 1.82) is 0 Å². The van der Waals surface area contributed by atoms with E-state index in [1.165, 1.54) is 13.2 Å². The summed E-state index contributed by atoms with van der Waals surface area (Å²) in [6, 6.07) is 8.39. The Bertz CT molecular complexity index is 869. The molecule has 0 saturated heterocycles. The van der Waals surface area contributed by atoms with E-state index in [9.17, 15) is 9.59 Å². The highest BCUT2D eigenvalue weighted by molar-refractivity contribution is 5.92. The van der Waals surface area contributed by atoms with Gasteiger partial charge in [-0.15, -0.1) is 0 Å². The number of carboxylic acid groups (broad SMARTS) is 1. The Balaban J connectivity index is 1.53. The van der Waals surface area contributed by atoms with Gasteiger partial charge in [0, 0.05) is 24.9 Å². The van der Waals surface area contributed by atoms with Crippen molar-refractivity contribution in [1.82, 2.24) is 15.6 Å². The zero-order chi connectivity index (χ0) is 17.6. The fourth-order valence-electron chi connectivity index (χ4n) is 3.08. The summed E-state index contributed by atoms with van der Waals surface area (Å²) < 4.78 is 11.5. The van der Waals surface area contributed by atoms with E-state index in [-0.39, 0.29) is 29.7 Å². The highest BCUT2D eigenvalue weighted by atomic mass is 16.5. The fraction of sp³-hybridized carbons (Fsp3) is 0.235. The summed E-state index contributed by atoms with van der Waals surface area (Å²) in [5.74, 6) is 1.52. The van der Waals surface area contributed by atoms with Crippen LogP contribution in [0.4, 0.5) is 4.79 Å². The lowest BCUT2D eigenvalue weighted by atomic mass is 10.1. The number of nitrogens with zero attached hydrogens (tertiary/aromatic N) is 1. The van der Waals surface area contributed by atoms with Crippen LogP contribution >= 0.6 is 0 Å². The minimum Gasteiger partial charge on any atom is -0.487 e. The summed E-state index contributed by atoms with van der Waals surface area (Å²) >= 11 is 0. The third-order valence-electron chi connectivity index (χ3n) is 4.27. The minimum atomic E-state index is -1.06. The van der Waals surface area contributed by atoms with Crippen LogP contribution in [-0.4, -0.2) is 41.3 Å². The molecule has 0 radical (unpaired) electrons. The first-order chi connectivity index (χ1) is 12.1. The molecule has 1 fully saturated rings. The summed E-state index contributed by atoms with van der Waals surface area (Å²) in [6.07, 6.45) is 0.290. The lowest BCUT2D eigenvalue weighted by Gasteiger charge is -2.11. The smallest absolute Gasteiger partial charge is 0.405 e. The van der Waals surface area contributed by atoms with Crippen LogP contribution in [0.15, 0.2) is 36.5 Å². The molecule has 0 bridgehead atoms. The van der Waals surface area contributed by atoms with Gasteiger partial charge < -0.3 is 25.2 Å². The van der Waals surface area contributed by atoms with Gasteiger partial charge in [0.25, 0.3) is 5.91 Å². The largest absolute Gasteiger partial charge is 0.487 e. The fourth-order valence-corrected chi connectivity index (χ4v) is 3.08. The molecule has 2 amide bonds. The summed E-state index contributed by atoms with van der Waals surface area (Å²) in [7, 11) is 1.53. The van der Waals surface area contributed by atoms with Gasteiger partial charge in [-0.1, -0.05) is 0 Å². The van der Waals surface area contributed by atoms with E-state index in [1.54, 1.807) is 24.3 Å². The van der Waals surface area contributed by atoms with Gasteiger partial charge in [0.05, 0.1) is 12.0 Å². The number of fused-ring (bicyclic) bond motifs is 3. The number of hydrogen-bond acceptors (Lipinski definition) is 5. The van der Waals surface area contributed by atoms with E-state index in [2.05, 4.69) is 15.6 Å². The molecule has 8 heteroatoms. The summed E-state index contributed by atoms with van der Waals surface area (Å²) in [5, 5.41) is 13.8. The van der Waals surface area contributed by atoms with E-state index in [1.807, 2.05) is 6.07 Å². The molecule has 0 unspecified atom stereocenters. The number of pyridine rings is 1. The Hall–Kier alpha value is -3.29. The Labute approximate surface area is 142 Å². The lowest BCUT2D eigenvalue weighted by molar-refractivity contribution is 0.0957. The number of rotatable bonds is 4. The van der Waals surface area contributed by atoms with Crippen LogP contribution in [0.1, 0.15) is 22.0 Å². The maximum atomic E-state index is 11.6. The Morgan fingerprint density at radius 3 is 2.80 bits per heavy atom. The van der Waals surface area contributed by atoms with Gasteiger partial charge in [-0.25, -0.2) is 4.79 Å². The topological polar surface area (TPSA) is 110 Å². The van der Waals surface area contributed by atoms with Crippen molar-refractivity contribution >= 4 is 12.0 Å². The van der Waals surface area contributed by atoms with Crippen LogP contribution in [-0.2, 0) is 0 Å². The quantitative estimate of drug-likeness (QED) is 0.781. The molecule has 25 heavy (non-hydrogen) atoms. The van der Waals surface area contributed by atoms with Crippen molar-refractivity contribution in [3.05, 3.63) is 47.8 Å². The van der Waals surface area contributed by atoms with Crippen molar-refractivity contribution in [2.45, 2.75) is 18.1 Å². The van der Waals surface area contributed by atoms with Gasteiger partial charge in [0.1, 0.15) is 29.0 Å². The molecule has 0 spiro atoms. The van der Waals surface area contributed by atoms with Crippen LogP contribution in [0.5, 0.6) is 17.2 Å². The highest BCUT2D eigenvalue weighted by Gasteiger charge is 2.59. The summed E-state index contributed by atoms with van der Waals surface area (Å²) in [4.78, 5) is 26.4. The number of ether oxygens (including phenoxy) is 2. The summed E-state index contributed by atoms with van der Waals surface area (Å²) in [6.45, 7) is 0. The maximum absolute atomic E-state index is 11.6. The van der Waals surface area contributed by atoms with Crippen molar-refractivity contribution in [3.63, 3.8) is 0 Å². The van der Waals surface area contributed by atoms with Crippen LogP contribution in [0.3, 0.4) is 0 Å². The molecular formula is C17H15N3O5. The first-order valence-electron chi connectivity index (χ1n) is 7.73. The predicted molar refractivity (Wildman–Crippen MR) is 86.2 cm³/mol. The monoisotopic (exact) mass is 341 g/mol. The first kappa shape index (κ1) is 15.3. The molecule has 1 aliphatic heterocycles. The average molecular weight is 341 g/mol. The molecule has 2 aromatic rings. The van der Waals surface area contributed by atoms with Gasteiger partial charge in [0.2, 0.25) is 0 Å². The molecule has 1 saturated carbocycles. The Morgan fingerprint density at radius 2 is 2.04 bits per heavy atom. The van der Waals surface area contributed by atoms with Gasteiger partial charge >= 0.3 is 6.09 Å². The average Bonchev–Trinajstić information content (AvgIpc) is 3.11. The van der Waals surface area contributed by atoms with E-state index < -0.39 is 6.09 Å². The van der Waals surface area contributed by atoms with Crippen molar-refractivity contribution in [3.8, 4) is 17.2 Å². The van der Waals surface area contributed by atoms with Gasteiger partial charge in [0.15, 0.2) is 0 Å². The van der Waals surface area contributed by atoms with Gasteiger partial charge in [-0.05, 0) is 24.3 Å². The van der Waals surface area contributed by atoms with E-state index in [0.29, 0.717) is 11.5 Å². The second-order valence-corrected chi connectivity index (χ2v) is 5.84.